The smallest absolute Gasteiger partial charge is 0.233 e. The molecule has 69 valence electrons. The summed E-state index contributed by atoms with van der Waals surface area (Å²) in [7, 11) is -3.28. The summed E-state index contributed by atoms with van der Waals surface area (Å²) >= 11 is 0. The first-order valence-corrected chi connectivity index (χ1v) is 5.36. The minimum Gasteiger partial charge on any atom is -0.285 e. The molecule has 4 nitrogen and oxygen atoms in total. The second-order valence-corrected chi connectivity index (χ2v) is 4.31. The van der Waals surface area contributed by atoms with E-state index >= 15 is 0 Å². The Hall–Kier alpha value is -1.36. The molecule has 1 aromatic carbocycles. The zero-order valence-electron chi connectivity index (χ0n) is 6.94. The van der Waals surface area contributed by atoms with Gasteiger partial charge in [-0.25, -0.2) is 8.42 Å². The van der Waals surface area contributed by atoms with Gasteiger partial charge in [-0.3, -0.25) is 9.52 Å². The molecule has 1 radical (unpaired) electrons. The van der Waals surface area contributed by atoms with Crippen LogP contribution in [0.25, 0.3) is 0 Å². The molecule has 0 unspecified atom stereocenters. The van der Waals surface area contributed by atoms with Gasteiger partial charge in [0.15, 0.2) is 0 Å². The van der Waals surface area contributed by atoms with E-state index in [2.05, 4.69) is 4.72 Å². The highest BCUT2D eigenvalue weighted by molar-refractivity contribution is 7.92. The SMILES string of the molecule is CS(=O)(=O)Nc1cccc([C]=O)c1. The van der Waals surface area contributed by atoms with E-state index < -0.39 is 10.0 Å². The van der Waals surface area contributed by atoms with Crippen LogP contribution in [0.1, 0.15) is 5.56 Å². The fourth-order valence-electron chi connectivity index (χ4n) is 0.860. The second-order valence-electron chi connectivity index (χ2n) is 2.56. The van der Waals surface area contributed by atoms with Crippen LogP contribution in [0.4, 0.5) is 5.69 Å². The van der Waals surface area contributed by atoms with Gasteiger partial charge in [0, 0.05) is 11.3 Å². The predicted molar refractivity (Wildman–Crippen MR) is 49.7 cm³/mol. The Balaban J connectivity index is 2.96. The van der Waals surface area contributed by atoms with Crippen molar-refractivity contribution in [1.29, 1.82) is 0 Å². The zero-order valence-corrected chi connectivity index (χ0v) is 7.76. The zero-order chi connectivity index (χ0) is 9.90. The molecule has 0 aliphatic carbocycles. The molecule has 1 aromatic rings. The minimum atomic E-state index is -3.28. The number of hydrogen-bond donors (Lipinski definition) is 1. The Kier molecular flexibility index (Phi) is 2.67. The van der Waals surface area contributed by atoms with E-state index in [1.807, 2.05) is 0 Å². The Morgan fingerprint density at radius 1 is 1.38 bits per heavy atom. The van der Waals surface area contributed by atoms with Gasteiger partial charge in [0.25, 0.3) is 0 Å². The largest absolute Gasteiger partial charge is 0.285 e. The Morgan fingerprint density at radius 2 is 2.08 bits per heavy atom. The first kappa shape index (κ1) is 9.73. The molecule has 13 heavy (non-hydrogen) atoms. The van der Waals surface area contributed by atoms with E-state index in [9.17, 15) is 13.2 Å². The van der Waals surface area contributed by atoms with Gasteiger partial charge in [-0.05, 0) is 12.1 Å². The summed E-state index contributed by atoms with van der Waals surface area (Å²) in [6, 6.07) is 6.09. The molecule has 0 atom stereocenters. The van der Waals surface area contributed by atoms with E-state index in [-0.39, 0.29) is 0 Å². The van der Waals surface area contributed by atoms with Crippen LogP contribution in [0, 0.1) is 0 Å². The summed E-state index contributed by atoms with van der Waals surface area (Å²) in [6.45, 7) is 0. The van der Waals surface area contributed by atoms with Gasteiger partial charge in [-0.15, -0.1) is 0 Å². The summed E-state index contributed by atoms with van der Waals surface area (Å²) < 4.78 is 23.8. The Morgan fingerprint density at radius 3 is 2.62 bits per heavy atom. The third-order valence-corrected chi connectivity index (χ3v) is 1.89. The molecule has 0 saturated heterocycles. The first-order chi connectivity index (χ1) is 6.01. The molecular weight excluding hydrogens is 190 g/mol. The maximum atomic E-state index is 10.8. The molecule has 0 heterocycles. The quantitative estimate of drug-likeness (QED) is 0.770. The Bertz CT molecular complexity index is 411. The van der Waals surface area contributed by atoms with Gasteiger partial charge < -0.3 is 0 Å². The highest BCUT2D eigenvalue weighted by Gasteiger charge is 2.01. The van der Waals surface area contributed by atoms with Gasteiger partial charge in [0.2, 0.25) is 16.3 Å². The van der Waals surface area contributed by atoms with Gasteiger partial charge in [-0.1, -0.05) is 12.1 Å². The molecule has 0 aliphatic heterocycles. The lowest BCUT2D eigenvalue weighted by Gasteiger charge is -2.02. The standard InChI is InChI=1S/C8H8NO3S/c1-13(11,12)9-8-4-2-3-7(5-8)6-10/h2-5,9H,1H3. The molecule has 0 spiro atoms. The van der Waals surface area contributed by atoms with Crippen LogP contribution in [0.5, 0.6) is 0 Å². The molecule has 0 bridgehead atoms. The summed E-state index contributed by atoms with van der Waals surface area (Å²) in [6.07, 6.45) is 2.71. The van der Waals surface area contributed by atoms with Gasteiger partial charge in [-0.2, -0.15) is 0 Å². The number of sulfonamides is 1. The lowest BCUT2D eigenvalue weighted by Crippen LogP contribution is -2.09. The predicted octanol–water partition coefficient (Wildman–Crippen LogP) is 0.516. The summed E-state index contributed by atoms with van der Waals surface area (Å²) in [5.74, 6) is 0. The number of carbonyl (C=O) groups excluding carboxylic acids is 1. The first-order valence-electron chi connectivity index (χ1n) is 3.47. The number of nitrogens with one attached hydrogen (secondary N) is 1. The molecule has 0 fully saturated rings. The summed E-state index contributed by atoms with van der Waals surface area (Å²) in [5.41, 5.74) is 0.678. The molecule has 5 heteroatoms. The van der Waals surface area contributed by atoms with Crippen LogP contribution in [-0.2, 0) is 14.8 Å². The fourth-order valence-corrected chi connectivity index (χ4v) is 1.42. The van der Waals surface area contributed by atoms with Crippen molar-refractivity contribution in [3.05, 3.63) is 29.8 Å². The average Bonchev–Trinajstić information content (AvgIpc) is 2.01. The van der Waals surface area contributed by atoms with Gasteiger partial charge >= 0.3 is 0 Å². The highest BCUT2D eigenvalue weighted by Crippen LogP contribution is 2.09. The number of anilines is 1. The lowest BCUT2D eigenvalue weighted by molar-refractivity contribution is 0.562. The van der Waals surface area contributed by atoms with E-state index in [4.69, 9.17) is 0 Å². The third-order valence-electron chi connectivity index (χ3n) is 1.28. The normalized spacial score (nSPS) is 10.8. The average molecular weight is 198 g/mol. The molecule has 0 saturated carbocycles. The van der Waals surface area contributed by atoms with E-state index in [0.29, 0.717) is 11.3 Å². The van der Waals surface area contributed by atoms with Crippen LogP contribution in [0.2, 0.25) is 0 Å². The van der Waals surface area contributed by atoms with Crippen molar-refractivity contribution in [1.82, 2.24) is 0 Å². The maximum absolute atomic E-state index is 10.8. The third kappa shape index (κ3) is 3.25. The lowest BCUT2D eigenvalue weighted by atomic mass is 10.2. The fraction of sp³-hybridized carbons (Fsp3) is 0.125. The van der Waals surface area contributed by atoms with Crippen LogP contribution >= 0.6 is 0 Å². The monoisotopic (exact) mass is 198 g/mol. The minimum absolute atomic E-state index is 0.314. The Labute approximate surface area is 76.6 Å². The summed E-state index contributed by atoms with van der Waals surface area (Å²) in [5, 5.41) is 0. The van der Waals surface area contributed by atoms with Crippen LogP contribution in [0.15, 0.2) is 24.3 Å². The van der Waals surface area contributed by atoms with E-state index in [1.165, 1.54) is 6.07 Å². The molecule has 0 amide bonds. The van der Waals surface area contributed by atoms with Crippen molar-refractivity contribution in [3.8, 4) is 0 Å². The highest BCUT2D eigenvalue weighted by atomic mass is 32.2. The molecule has 1 rings (SSSR count). The second kappa shape index (κ2) is 3.57. The molecular formula is C8H8NO3S. The van der Waals surface area contributed by atoms with Crippen molar-refractivity contribution in [3.63, 3.8) is 0 Å². The van der Waals surface area contributed by atoms with E-state index in [0.717, 1.165) is 6.26 Å². The van der Waals surface area contributed by atoms with Crippen LogP contribution < -0.4 is 4.72 Å². The van der Waals surface area contributed by atoms with Crippen LogP contribution in [0.3, 0.4) is 0 Å². The van der Waals surface area contributed by atoms with Crippen molar-refractivity contribution < 1.29 is 13.2 Å². The number of rotatable bonds is 3. The van der Waals surface area contributed by atoms with E-state index in [1.54, 1.807) is 24.5 Å². The molecule has 1 N–H and O–H groups in total. The molecule has 0 aliphatic rings. The van der Waals surface area contributed by atoms with Gasteiger partial charge in [0.05, 0.1) is 6.26 Å². The van der Waals surface area contributed by atoms with Crippen molar-refractivity contribution in [2.24, 2.45) is 0 Å². The van der Waals surface area contributed by atoms with Crippen molar-refractivity contribution in [2.75, 3.05) is 11.0 Å². The topological polar surface area (TPSA) is 63.2 Å². The van der Waals surface area contributed by atoms with Gasteiger partial charge in [0.1, 0.15) is 0 Å². The van der Waals surface area contributed by atoms with Crippen molar-refractivity contribution >= 4 is 22.0 Å². The number of benzene rings is 1. The maximum Gasteiger partial charge on any atom is 0.233 e. The van der Waals surface area contributed by atoms with Crippen LogP contribution in [-0.4, -0.2) is 21.0 Å². The summed E-state index contributed by atoms with van der Waals surface area (Å²) in [4.78, 5) is 10.2. The number of hydrogen-bond acceptors (Lipinski definition) is 3. The van der Waals surface area contributed by atoms with Crippen molar-refractivity contribution in [2.45, 2.75) is 0 Å². The molecule has 0 aromatic heterocycles.